The number of imide groups is 1. The Morgan fingerprint density at radius 2 is 1.90 bits per heavy atom. The highest BCUT2D eigenvalue weighted by molar-refractivity contribution is 6.07. The molecule has 2 N–H and O–H groups in total. The Morgan fingerprint density at radius 3 is 2.48 bits per heavy atom. The van der Waals surface area contributed by atoms with Crippen molar-refractivity contribution in [2.75, 3.05) is 19.0 Å². The van der Waals surface area contributed by atoms with E-state index < -0.39 is 12.1 Å². The van der Waals surface area contributed by atoms with Gasteiger partial charge in [-0.25, -0.2) is 4.79 Å². The molecule has 0 saturated carbocycles. The maximum atomic E-state index is 12.7. The van der Waals surface area contributed by atoms with Crippen LogP contribution < -0.4 is 15.4 Å². The van der Waals surface area contributed by atoms with E-state index in [0.29, 0.717) is 17.8 Å². The van der Waals surface area contributed by atoms with Crippen LogP contribution in [0, 0.1) is 13.8 Å². The van der Waals surface area contributed by atoms with Gasteiger partial charge in [0.2, 0.25) is 5.91 Å². The molecule has 0 radical (unpaired) electrons. The zero-order valence-corrected chi connectivity index (χ0v) is 18.6. The molecule has 1 aromatic carbocycles. The summed E-state index contributed by atoms with van der Waals surface area (Å²) in [6.45, 7) is 7.98. The van der Waals surface area contributed by atoms with Crippen LogP contribution in [0.15, 0.2) is 24.3 Å². The number of nitrogens with one attached hydrogen (secondary N) is 2. The van der Waals surface area contributed by atoms with E-state index in [-0.39, 0.29) is 30.8 Å². The Labute approximate surface area is 181 Å². The highest BCUT2D eigenvalue weighted by atomic mass is 16.5. The molecule has 166 valence electrons. The highest BCUT2D eigenvalue weighted by Gasteiger charge is 2.38. The van der Waals surface area contributed by atoms with Gasteiger partial charge in [0.15, 0.2) is 0 Å². The number of anilines is 1. The number of urea groups is 1. The number of hydrogen-bond donors (Lipinski definition) is 2. The normalized spacial score (nSPS) is 16.1. The number of methoxy groups -OCH3 is 1. The van der Waals surface area contributed by atoms with Crippen molar-refractivity contribution in [2.24, 2.45) is 0 Å². The van der Waals surface area contributed by atoms with Crippen molar-refractivity contribution >= 4 is 23.5 Å². The molecule has 1 fully saturated rings. The van der Waals surface area contributed by atoms with Crippen LogP contribution in [0.2, 0.25) is 0 Å². The summed E-state index contributed by atoms with van der Waals surface area (Å²) in [6, 6.07) is 6.27. The molecule has 31 heavy (non-hydrogen) atoms. The number of aromatic nitrogens is 2. The number of ether oxygens (including phenoxy) is 1. The third-order valence-electron chi connectivity index (χ3n) is 5.36. The fraction of sp³-hybridized carbons (Fsp3) is 0.455. The number of aryl methyl sites for hydroxylation is 1. The van der Waals surface area contributed by atoms with Crippen LogP contribution in [0.4, 0.5) is 10.5 Å². The number of carbonyl (C=O) groups is 3. The molecule has 1 aliphatic heterocycles. The second-order valence-electron chi connectivity index (χ2n) is 7.93. The first kappa shape index (κ1) is 22.3. The summed E-state index contributed by atoms with van der Waals surface area (Å²) in [5, 5.41) is 9.90. The van der Waals surface area contributed by atoms with E-state index >= 15 is 0 Å². The van der Waals surface area contributed by atoms with E-state index in [2.05, 4.69) is 15.7 Å². The van der Waals surface area contributed by atoms with Crippen molar-refractivity contribution in [3.8, 4) is 5.75 Å². The van der Waals surface area contributed by atoms with Crippen molar-refractivity contribution in [3.05, 3.63) is 41.2 Å². The number of rotatable bonds is 8. The quantitative estimate of drug-likeness (QED) is 0.630. The van der Waals surface area contributed by atoms with E-state index in [1.54, 1.807) is 7.11 Å². The average Bonchev–Trinajstić information content (AvgIpc) is 3.16. The Hall–Kier alpha value is -3.36. The molecule has 1 saturated heterocycles. The molecule has 2 heterocycles. The number of nitrogens with zero attached hydrogens (tertiary/aromatic N) is 3. The smallest absolute Gasteiger partial charge is 0.324 e. The van der Waals surface area contributed by atoms with Gasteiger partial charge in [0.1, 0.15) is 11.8 Å². The van der Waals surface area contributed by atoms with Gasteiger partial charge in [0.25, 0.3) is 5.91 Å². The van der Waals surface area contributed by atoms with Crippen LogP contribution >= 0.6 is 0 Å². The molecule has 0 aliphatic carbocycles. The van der Waals surface area contributed by atoms with Gasteiger partial charge in [-0.05, 0) is 51.8 Å². The number of benzene rings is 1. The highest BCUT2D eigenvalue weighted by Crippen LogP contribution is 2.23. The van der Waals surface area contributed by atoms with Crippen molar-refractivity contribution in [2.45, 2.75) is 52.6 Å². The summed E-state index contributed by atoms with van der Waals surface area (Å²) < 4.78 is 6.97. The summed E-state index contributed by atoms with van der Waals surface area (Å²) in [5.41, 5.74) is 3.19. The minimum atomic E-state index is -0.871. The molecule has 9 heteroatoms. The molecule has 1 aliphatic rings. The summed E-state index contributed by atoms with van der Waals surface area (Å²) in [7, 11) is 1.59. The van der Waals surface area contributed by atoms with Crippen LogP contribution in [0.3, 0.4) is 0 Å². The third-order valence-corrected chi connectivity index (χ3v) is 5.36. The molecule has 0 spiro atoms. The average molecular weight is 428 g/mol. The second-order valence-corrected chi connectivity index (χ2v) is 7.93. The molecule has 1 atom stereocenters. The van der Waals surface area contributed by atoms with E-state index in [4.69, 9.17) is 4.74 Å². The molecule has 0 bridgehead atoms. The Kier molecular flexibility index (Phi) is 6.62. The minimum Gasteiger partial charge on any atom is -0.497 e. The molecule has 9 nitrogen and oxygen atoms in total. The molecular formula is C22H29N5O4. The van der Waals surface area contributed by atoms with E-state index in [1.165, 1.54) is 0 Å². The van der Waals surface area contributed by atoms with Gasteiger partial charge in [-0.2, -0.15) is 5.10 Å². The van der Waals surface area contributed by atoms with E-state index in [9.17, 15) is 14.4 Å². The number of carbonyl (C=O) groups excluding carboxylic acids is 3. The maximum Gasteiger partial charge on any atom is 0.324 e. The summed E-state index contributed by atoms with van der Waals surface area (Å²) in [4.78, 5) is 38.7. The van der Waals surface area contributed by atoms with Gasteiger partial charge in [0, 0.05) is 12.6 Å². The van der Waals surface area contributed by atoms with Crippen LogP contribution in [0.1, 0.15) is 43.3 Å². The summed E-state index contributed by atoms with van der Waals surface area (Å²) in [5.74, 6) is 0.0133. The Morgan fingerprint density at radius 1 is 1.23 bits per heavy atom. The SMILES string of the molecule is COc1ccc(CCN2C(=O)N[C@H](CC(=O)Nc3c(C)nn(C(C)C)c3C)C2=O)cc1. The first-order valence-corrected chi connectivity index (χ1v) is 10.3. The van der Waals surface area contributed by atoms with Gasteiger partial charge >= 0.3 is 6.03 Å². The molecule has 2 aromatic rings. The van der Waals surface area contributed by atoms with E-state index in [0.717, 1.165) is 21.9 Å². The topological polar surface area (TPSA) is 106 Å². The van der Waals surface area contributed by atoms with Gasteiger partial charge in [-0.3, -0.25) is 19.2 Å². The Bertz CT molecular complexity index is 981. The Balaban J connectivity index is 1.58. The lowest BCUT2D eigenvalue weighted by atomic mass is 10.1. The largest absolute Gasteiger partial charge is 0.497 e. The molecular weight excluding hydrogens is 398 g/mol. The monoisotopic (exact) mass is 427 g/mol. The third kappa shape index (κ3) is 4.87. The standard InChI is InChI=1S/C22H29N5O4/c1-13(2)27-15(4)20(14(3)25-27)24-19(28)12-18-21(29)26(22(30)23-18)11-10-16-6-8-17(31-5)9-7-16/h6-9,13,18H,10-12H2,1-5H3,(H,23,30)(H,24,28)/t18-/m1/s1. The molecule has 3 rings (SSSR count). The first-order valence-electron chi connectivity index (χ1n) is 10.3. The van der Waals surface area contributed by atoms with Crippen molar-refractivity contribution in [1.82, 2.24) is 20.0 Å². The molecule has 4 amide bonds. The fourth-order valence-electron chi connectivity index (χ4n) is 3.68. The zero-order chi connectivity index (χ0) is 22.7. The lowest BCUT2D eigenvalue weighted by Crippen LogP contribution is -2.35. The van der Waals surface area contributed by atoms with Crippen LogP contribution in [-0.4, -0.2) is 52.2 Å². The summed E-state index contributed by atoms with van der Waals surface area (Å²) in [6.07, 6.45) is 0.393. The van der Waals surface area contributed by atoms with Gasteiger partial charge < -0.3 is 15.4 Å². The number of amides is 4. The second kappa shape index (κ2) is 9.20. The molecule has 1 aromatic heterocycles. The van der Waals surface area contributed by atoms with Crippen molar-refractivity contribution in [3.63, 3.8) is 0 Å². The van der Waals surface area contributed by atoms with E-state index in [1.807, 2.05) is 56.6 Å². The van der Waals surface area contributed by atoms with Gasteiger partial charge in [-0.1, -0.05) is 12.1 Å². The molecule has 0 unspecified atom stereocenters. The van der Waals surface area contributed by atoms with Crippen LogP contribution in [0.25, 0.3) is 0 Å². The lowest BCUT2D eigenvalue weighted by molar-refractivity contribution is -0.129. The maximum absolute atomic E-state index is 12.7. The fourth-order valence-corrected chi connectivity index (χ4v) is 3.68. The minimum absolute atomic E-state index is 0.130. The van der Waals surface area contributed by atoms with Gasteiger partial charge in [-0.15, -0.1) is 0 Å². The number of hydrogen-bond acceptors (Lipinski definition) is 5. The predicted octanol–water partition coefficient (Wildman–Crippen LogP) is 2.58. The van der Waals surface area contributed by atoms with Crippen LogP contribution in [-0.2, 0) is 16.0 Å². The van der Waals surface area contributed by atoms with Crippen molar-refractivity contribution < 1.29 is 19.1 Å². The predicted molar refractivity (Wildman–Crippen MR) is 116 cm³/mol. The lowest BCUT2D eigenvalue weighted by Gasteiger charge is -2.13. The van der Waals surface area contributed by atoms with Crippen LogP contribution in [0.5, 0.6) is 5.75 Å². The first-order chi connectivity index (χ1) is 14.7. The summed E-state index contributed by atoms with van der Waals surface area (Å²) >= 11 is 0. The van der Waals surface area contributed by atoms with Crippen molar-refractivity contribution in [1.29, 1.82) is 0 Å². The zero-order valence-electron chi connectivity index (χ0n) is 18.6. The van der Waals surface area contributed by atoms with Gasteiger partial charge in [0.05, 0.1) is 30.6 Å².